The molecular formula is C17H22BN3O6S. The van der Waals surface area contributed by atoms with Crippen molar-refractivity contribution in [3.05, 3.63) is 58.0 Å². The molecule has 0 aliphatic heterocycles. The van der Waals surface area contributed by atoms with Crippen molar-refractivity contribution in [1.29, 1.82) is 0 Å². The normalized spacial score (nSPS) is 15.1. The average molecular weight is 407 g/mol. The molecule has 0 bridgehead atoms. The van der Waals surface area contributed by atoms with Gasteiger partial charge in [0.05, 0.1) is 5.70 Å². The molecule has 1 aromatic carbocycles. The molecule has 2 rings (SSSR count). The van der Waals surface area contributed by atoms with Crippen molar-refractivity contribution in [2.24, 2.45) is 12.0 Å². The molecule has 11 heteroatoms. The van der Waals surface area contributed by atoms with Gasteiger partial charge in [0, 0.05) is 24.6 Å². The van der Waals surface area contributed by atoms with Crippen LogP contribution in [0.1, 0.15) is 22.8 Å². The van der Waals surface area contributed by atoms with Gasteiger partial charge >= 0.3 is 13.1 Å². The van der Waals surface area contributed by atoms with Crippen LogP contribution in [0.4, 0.5) is 0 Å². The van der Waals surface area contributed by atoms with Crippen LogP contribution in [-0.2, 0) is 13.5 Å². The van der Waals surface area contributed by atoms with E-state index in [9.17, 15) is 25.1 Å². The number of hydrogen-bond acceptors (Lipinski definition) is 8. The number of carbonyl (C=O) groups is 1. The molecular weight excluding hydrogens is 385 g/mol. The van der Waals surface area contributed by atoms with Crippen molar-refractivity contribution in [1.82, 2.24) is 9.88 Å². The molecule has 28 heavy (non-hydrogen) atoms. The lowest BCUT2D eigenvalue weighted by atomic mass is 9.75. The number of hydrogen-bond donors (Lipinski definition) is 6. The number of benzene rings is 1. The number of aryl methyl sites for hydroxylation is 1. The summed E-state index contributed by atoms with van der Waals surface area (Å²) in [4.78, 5) is 16.0. The second kappa shape index (κ2) is 8.71. The number of aliphatic hydroxyl groups is 1. The number of carboxylic acids is 1. The molecule has 0 radical (unpaired) electrons. The Hall–Kier alpha value is -2.44. The maximum Gasteiger partial charge on any atom is 0.470 e. The molecule has 2 aromatic rings. The number of aromatic hydroxyl groups is 1. The molecule has 0 fully saturated rings. The number of nitrogens with one attached hydrogen (secondary N) is 1. The minimum absolute atomic E-state index is 0.0414. The van der Waals surface area contributed by atoms with E-state index in [2.05, 4.69) is 16.9 Å². The first-order valence-corrected chi connectivity index (χ1v) is 9.15. The lowest BCUT2D eigenvalue weighted by Crippen LogP contribution is -2.56. The number of phenols is 1. The number of aromatic carboxylic acids is 1. The number of aromatic nitrogens is 1. The fourth-order valence-electron chi connectivity index (χ4n) is 2.50. The number of thiazole rings is 1. The molecule has 0 aliphatic carbocycles. The Kier molecular flexibility index (Phi) is 6.80. The zero-order valence-corrected chi connectivity index (χ0v) is 16.2. The molecule has 0 amide bonds. The number of nitrogens with zero attached hydrogens (tertiary/aromatic N) is 2. The van der Waals surface area contributed by atoms with E-state index in [1.165, 1.54) is 36.5 Å². The SMILES string of the molecule is C=C(N=c1sccn1C)C(C)(O)NC(Cc1cccc(C(=O)O)c1O)B(O)O. The zero-order chi connectivity index (χ0) is 21.1. The van der Waals surface area contributed by atoms with Crippen LogP contribution in [0.2, 0.25) is 0 Å². The largest absolute Gasteiger partial charge is 0.507 e. The molecule has 2 atom stereocenters. The van der Waals surface area contributed by atoms with Crippen molar-refractivity contribution < 1.29 is 30.2 Å². The van der Waals surface area contributed by atoms with Crippen molar-refractivity contribution >= 4 is 24.4 Å². The van der Waals surface area contributed by atoms with Gasteiger partial charge in [0.2, 0.25) is 0 Å². The van der Waals surface area contributed by atoms with E-state index in [4.69, 9.17) is 5.11 Å². The van der Waals surface area contributed by atoms with Crippen molar-refractivity contribution in [3.63, 3.8) is 0 Å². The highest BCUT2D eigenvalue weighted by Gasteiger charge is 2.34. The summed E-state index contributed by atoms with van der Waals surface area (Å²) in [6.45, 7) is 5.10. The molecule has 0 aliphatic rings. The van der Waals surface area contributed by atoms with Crippen LogP contribution in [-0.4, -0.2) is 54.7 Å². The van der Waals surface area contributed by atoms with Crippen LogP contribution in [0.5, 0.6) is 5.75 Å². The second-order valence-corrected chi connectivity index (χ2v) is 7.29. The first-order valence-electron chi connectivity index (χ1n) is 8.27. The van der Waals surface area contributed by atoms with E-state index in [1.807, 2.05) is 5.38 Å². The first kappa shape index (κ1) is 21.9. The van der Waals surface area contributed by atoms with Gasteiger partial charge in [-0.3, -0.25) is 5.32 Å². The highest BCUT2D eigenvalue weighted by Crippen LogP contribution is 2.25. The van der Waals surface area contributed by atoms with Crippen LogP contribution < -0.4 is 10.1 Å². The fourth-order valence-corrected chi connectivity index (χ4v) is 3.26. The second-order valence-electron chi connectivity index (χ2n) is 6.41. The van der Waals surface area contributed by atoms with Crippen LogP contribution in [0.3, 0.4) is 0 Å². The highest BCUT2D eigenvalue weighted by molar-refractivity contribution is 7.07. The first-order chi connectivity index (χ1) is 13.0. The third kappa shape index (κ3) is 5.09. The Morgan fingerprint density at radius 1 is 1.46 bits per heavy atom. The van der Waals surface area contributed by atoms with Gasteiger partial charge in [-0.05, 0) is 25.0 Å². The molecule has 150 valence electrons. The number of para-hydroxylation sites is 1. The number of rotatable bonds is 8. The van der Waals surface area contributed by atoms with E-state index < -0.39 is 30.5 Å². The Bertz CT molecular complexity index is 937. The molecule has 0 saturated heterocycles. The van der Waals surface area contributed by atoms with Crippen LogP contribution >= 0.6 is 11.3 Å². The quantitative estimate of drug-likeness (QED) is 0.263. The average Bonchev–Trinajstić information content (AvgIpc) is 3.00. The van der Waals surface area contributed by atoms with E-state index in [-0.39, 0.29) is 23.2 Å². The van der Waals surface area contributed by atoms with E-state index >= 15 is 0 Å². The molecule has 0 spiro atoms. The smallest absolute Gasteiger partial charge is 0.470 e. The summed E-state index contributed by atoms with van der Waals surface area (Å²) in [5.74, 6) is -2.93. The summed E-state index contributed by atoms with van der Waals surface area (Å²) in [5.41, 5.74) is -1.89. The Morgan fingerprint density at radius 3 is 2.68 bits per heavy atom. The maximum absolute atomic E-state index is 11.2. The van der Waals surface area contributed by atoms with Crippen molar-refractivity contribution in [3.8, 4) is 5.75 Å². The molecule has 1 heterocycles. The lowest BCUT2D eigenvalue weighted by Gasteiger charge is -2.30. The summed E-state index contributed by atoms with van der Waals surface area (Å²) in [6.07, 6.45) is 1.62. The predicted octanol–water partition coefficient (Wildman–Crippen LogP) is -0.174. The van der Waals surface area contributed by atoms with Gasteiger partial charge in [-0.2, -0.15) is 0 Å². The predicted molar refractivity (Wildman–Crippen MR) is 105 cm³/mol. The van der Waals surface area contributed by atoms with E-state index in [0.29, 0.717) is 4.80 Å². The summed E-state index contributed by atoms with van der Waals surface area (Å²) >= 11 is 1.34. The summed E-state index contributed by atoms with van der Waals surface area (Å²) in [7, 11) is -0.131. The molecule has 2 unspecified atom stereocenters. The van der Waals surface area contributed by atoms with Crippen molar-refractivity contribution in [2.45, 2.75) is 25.0 Å². The van der Waals surface area contributed by atoms with Crippen molar-refractivity contribution in [2.75, 3.05) is 0 Å². The van der Waals surface area contributed by atoms with Gasteiger partial charge in [0.15, 0.2) is 10.5 Å². The van der Waals surface area contributed by atoms with Gasteiger partial charge in [-0.25, -0.2) is 9.79 Å². The topological polar surface area (TPSA) is 148 Å². The third-order valence-electron chi connectivity index (χ3n) is 4.17. The standard InChI is InChI=1S/C17H22BN3O6S/c1-10(19-16-21(3)7-8-28-16)17(2,25)20-13(18(26)27)9-11-5-4-6-12(14(11)22)15(23)24/h4-8,13,20,22,25-27H,1,9H2,2-3H3,(H,23,24). The van der Waals surface area contributed by atoms with Crippen LogP contribution in [0, 0.1) is 0 Å². The highest BCUT2D eigenvalue weighted by atomic mass is 32.1. The van der Waals surface area contributed by atoms with Gasteiger partial charge in [0.1, 0.15) is 11.3 Å². The van der Waals surface area contributed by atoms with E-state index in [1.54, 1.807) is 17.8 Å². The van der Waals surface area contributed by atoms with Gasteiger partial charge in [-0.15, -0.1) is 11.3 Å². The molecule has 9 nitrogen and oxygen atoms in total. The van der Waals surface area contributed by atoms with Crippen LogP contribution in [0.15, 0.2) is 47.0 Å². The van der Waals surface area contributed by atoms with E-state index in [0.717, 1.165) is 0 Å². The third-order valence-corrected chi connectivity index (χ3v) is 5.02. The Morgan fingerprint density at radius 2 is 2.14 bits per heavy atom. The van der Waals surface area contributed by atoms with Gasteiger partial charge < -0.3 is 29.9 Å². The van der Waals surface area contributed by atoms with Gasteiger partial charge in [-0.1, -0.05) is 18.7 Å². The fraction of sp³-hybridized carbons (Fsp3) is 0.294. The Balaban J connectivity index is 2.25. The molecule has 0 saturated carbocycles. The summed E-state index contributed by atoms with van der Waals surface area (Å²) in [6, 6.07) is 4.12. The Labute approximate surface area is 165 Å². The van der Waals surface area contributed by atoms with Gasteiger partial charge in [0.25, 0.3) is 0 Å². The molecule has 6 N–H and O–H groups in total. The lowest BCUT2D eigenvalue weighted by molar-refractivity contribution is 0.0519. The zero-order valence-electron chi connectivity index (χ0n) is 15.4. The van der Waals surface area contributed by atoms with Crippen LogP contribution in [0.25, 0.3) is 0 Å². The minimum Gasteiger partial charge on any atom is -0.507 e. The summed E-state index contributed by atoms with van der Waals surface area (Å²) < 4.78 is 1.74. The monoisotopic (exact) mass is 407 g/mol. The number of carboxylic acid groups (broad SMARTS) is 1. The maximum atomic E-state index is 11.2. The summed E-state index contributed by atoms with van der Waals surface area (Å²) in [5, 5.41) is 53.8. The molecule has 1 aromatic heterocycles. The minimum atomic E-state index is -1.91.